The summed E-state index contributed by atoms with van der Waals surface area (Å²) < 4.78 is 198. The fraction of sp³-hybridized carbons (Fsp3) is 0.857. The van der Waals surface area contributed by atoms with Crippen molar-refractivity contribution in [3.63, 3.8) is 0 Å². The molecule has 0 nitrogen and oxygen atoms in total. The Morgan fingerprint density at radius 2 is 1.06 bits per heavy atom. The molecule has 0 bridgehead atoms. The fourth-order valence-electron chi connectivity index (χ4n) is 1.64. The van der Waals surface area contributed by atoms with E-state index in [1.54, 1.807) is 0 Å². The average molecular weight is 594 g/mol. The summed E-state index contributed by atoms with van der Waals surface area (Å²) in [5.41, 5.74) is -7.75. The van der Waals surface area contributed by atoms with Crippen LogP contribution in [-0.2, 0) is 17.8 Å². The molecule has 2 unspecified atom stereocenters. The Morgan fingerprint density at radius 1 is 0.758 bits per heavy atom. The molecular weight excluding hydrogens is 573 g/mol. The van der Waals surface area contributed by atoms with E-state index in [1.807, 2.05) is 0 Å². The van der Waals surface area contributed by atoms with Crippen LogP contribution in [0.25, 0.3) is 0 Å². The Morgan fingerprint density at radius 3 is 1.12 bits per heavy atom. The van der Waals surface area contributed by atoms with E-state index in [2.05, 4.69) is 0 Å². The number of hydrogen-bond acceptors (Lipinski definition) is 0. The van der Waals surface area contributed by atoms with Crippen LogP contribution in [0, 0.1) is 0 Å². The Kier molecular flexibility index (Phi) is 16.4. The van der Waals surface area contributed by atoms with Crippen LogP contribution in [0.5, 0.6) is 0 Å². The number of allylic oxidation sites excluding steroid dienone is 2. The van der Waals surface area contributed by atoms with E-state index >= 15 is 0 Å². The van der Waals surface area contributed by atoms with E-state index in [0.717, 1.165) is 0 Å². The number of hydrogen-bond donors (Lipinski definition) is 0. The monoisotopic (exact) mass is 594 g/mol. The minimum absolute atomic E-state index is 0. The molecule has 0 aromatic heterocycles. The number of rotatable bonds is 5. The van der Waals surface area contributed by atoms with Crippen LogP contribution in [0.15, 0.2) is 11.6 Å². The Bertz CT molecular complexity index is 548. The molecule has 0 aromatic carbocycles. The Hall–Kier alpha value is -0.436. The normalized spacial score (nSPS) is 15.8. The molecule has 0 fully saturated rings. The van der Waals surface area contributed by atoms with Gasteiger partial charge in [0.2, 0.25) is 5.92 Å². The van der Waals surface area contributed by atoms with E-state index in [4.69, 9.17) is 0.879 Å². The van der Waals surface area contributed by atoms with Crippen LogP contribution < -0.4 is 0 Å². The SMILES string of the molecule is CC(F)(F)/C=C(/C(C)(F)F)C(F)(F)F.CC(F)(F)CC(F)(C(C)(F)F)C(F)(F)F.F.P.[2H][V][F]. The maximum absolute atomic E-state index is 12.9. The Labute approximate surface area is 190 Å². The van der Waals surface area contributed by atoms with E-state index in [0.29, 0.717) is 0 Å². The van der Waals surface area contributed by atoms with Crippen LogP contribution in [0.1, 0.15) is 34.1 Å². The van der Waals surface area contributed by atoms with Gasteiger partial charge >= 0.3 is 34.4 Å². The van der Waals surface area contributed by atoms with Crippen molar-refractivity contribution in [1.82, 2.24) is 0 Å². The van der Waals surface area contributed by atoms with Crippen molar-refractivity contribution in [2.24, 2.45) is 0 Å². The third kappa shape index (κ3) is 16.8. The molecule has 0 saturated carbocycles. The second-order valence-electron chi connectivity index (χ2n) is 6.33. The van der Waals surface area contributed by atoms with Crippen molar-refractivity contribution >= 4 is 9.90 Å². The first-order valence-corrected chi connectivity index (χ1v) is 7.82. The molecule has 0 N–H and O–H groups in total. The van der Waals surface area contributed by atoms with Gasteiger partial charge in [0.25, 0.3) is 23.4 Å². The molecule has 0 amide bonds. The van der Waals surface area contributed by atoms with Gasteiger partial charge in [-0.1, -0.05) is 0 Å². The first-order chi connectivity index (χ1) is 13.5. The van der Waals surface area contributed by atoms with Crippen LogP contribution in [-0.4, -0.2) is 42.6 Å². The van der Waals surface area contributed by atoms with Crippen LogP contribution in [0.4, 0.5) is 74.0 Å². The van der Waals surface area contributed by atoms with Gasteiger partial charge in [0.1, 0.15) is 5.57 Å². The summed E-state index contributed by atoms with van der Waals surface area (Å²) in [5.74, 6) is -17.4. The average Bonchev–Trinajstić information content (AvgIpc) is 2.39. The van der Waals surface area contributed by atoms with Gasteiger partial charge in [0.15, 0.2) is 0 Å². The molecule has 0 aromatic rings. The molecular formula is C14H20F17PV. The molecule has 2 atom stereocenters. The minimum atomic E-state index is -6.05. The summed E-state index contributed by atoms with van der Waals surface area (Å²) >= 11 is -1.56. The van der Waals surface area contributed by atoms with Crippen LogP contribution >= 0.6 is 9.90 Å². The molecule has 0 aliphatic heterocycles. The zero-order chi connectivity index (χ0) is 27.2. The molecule has 0 aliphatic rings. The zero-order valence-electron chi connectivity index (χ0n) is 17.9. The quantitative estimate of drug-likeness (QED) is 0.172. The van der Waals surface area contributed by atoms with Crippen molar-refractivity contribution in [1.29, 1.82) is 0.879 Å². The third-order valence-corrected chi connectivity index (χ3v) is 2.88. The summed E-state index contributed by atoms with van der Waals surface area (Å²) in [6.45, 7) is -0.423. The van der Waals surface area contributed by atoms with Crippen molar-refractivity contribution in [3.8, 4) is 0 Å². The summed E-state index contributed by atoms with van der Waals surface area (Å²) in [6.07, 6.45) is -14.9. The van der Waals surface area contributed by atoms with E-state index < -0.39 is 77.5 Å². The summed E-state index contributed by atoms with van der Waals surface area (Å²) in [7, 11) is 0. The molecule has 0 spiro atoms. The van der Waals surface area contributed by atoms with Crippen molar-refractivity contribution < 1.29 is 91.7 Å². The van der Waals surface area contributed by atoms with Gasteiger partial charge in [-0.25, -0.2) is 39.5 Å². The van der Waals surface area contributed by atoms with E-state index in [-0.39, 0.29) is 42.3 Å². The molecule has 19 heteroatoms. The number of halogens is 17. The molecule has 205 valence electrons. The van der Waals surface area contributed by atoms with Gasteiger partial charge in [-0.2, -0.15) is 36.2 Å². The molecule has 0 rings (SSSR count). The predicted octanol–water partition coefficient (Wildman–Crippen LogP) is 8.10. The predicted molar refractivity (Wildman–Crippen MR) is 87.2 cm³/mol. The Balaban J connectivity index is -0.000000140. The third-order valence-electron chi connectivity index (χ3n) is 2.88. The van der Waals surface area contributed by atoms with Gasteiger partial charge in [-0.15, -0.1) is 0 Å². The molecule has 0 heterocycles. The standard InChI is InChI=1S/C7H8F8.C7H7F7.2FH.H3P.V.H/c1-4(8,9)3-6(12,5(2,10)11)7(13,14)15;1-5(8,9)3-4(6(2,10)11)7(12,13)14;;;;;/h3H2,1-2H3;3H,1-2H3;2*1H;1H3;;/q;;;;;+1;/p-1/b;4-3-;;;;;/i;;;;;;1+1. The van der Waals surface area contributed by atoms with Crippen molar-refractivity contribution in [3.05, 3.63) is 11.6 Å². The van der Waals surface area contributed by atoms with E-state index in [9.17, 15) is 69.3 Å². The van der Waals surface area contributed by atoms with Gasteiger partial charge in [0, 0.05) is 20.8 Å². The van der Waals surface area contributed by atoms with Crippen LogP contribution in [0.3, 0.4) is 0 Å². The maximum atomic E-state index is 12.9. The zero-order valence-corrected chi connectivity index (χ0v) is 19.7. The van der Waals surface area contributed by atoms with Crippen LogP contribution in [0.2, 0.25) is 0 Å². The van der Waals surface area contributed by atoms with Gasteiger partial charge in [-0.05, 0) is 13.0 Å². The van der Waals surface area contributed by atoms with Crippen molar-refractivity contribution in [2.75, 3.05) is 0 Å². The van der Waals surface area contributed by atoms with E-state index in [1.165, 1.54) is 0 Å². The first-order valence-electron chi connectivity index (χ1n) is 7.74. The second-order valence-corrected chi connectivity index (χ2v) is 6.33. The van der Waals surface area contributed by atoms with Crippen molar-refractivity contribution in [2.45, 2.75) is 75.8 Å². The van der Waals surface area contributed by atoms with Gasteiger partial charge < -0.3 is 0 Å². The molecule has 33 heavy (non-hydrogen) atoms. The second kappa shape index (κ2) is 13.6. The molecule has 0 aliphatic carbocycles. The summed E-state index contributed by atoms with van der Waals surface area (Å²) in [5, 5.41) is 0. The molecule has 0 radical (unpaired) electrons. The van der Waals surface area contributed by atoms with Gasteiger partial charge in [0.05, 0.1) is 6.42 Å². The summed E-state index contributed by atoms with van der Waals surface area (Å²) in [4.78, 5) is 0. The first kappa shape index (κ1) is 39.8. The van der Waals surface area contributed by atoms with Gasteiger partial charge in [-0.3, -0.25) is 4.70 Å². The topological polar surface area (TPSA) is 0 Å². The summed E-state index contributed by atoms with van der Waals surface area (Å²) in [6, 6.07) is 0. The fourth-order valence-corrected chi connectivity index (χ4v) is 1.64. The molecule has 0 saturated heterocycles. The number of alkyl halides is 15.